The first-order chi connectivity index (χ1) is 43.2. The van der Waals surface area contributed by atoms with E-state index >= 15 is 0 Å². The summed E-state index contributed by atoms with van der Waals surface area (Å²) in [6, 6.07) is 0. The minimum Gasteiger partial charge on any atom is -0.462 e. The molecule has 4 N–H and O–H groups in total. The van der Waals surface area contributed by atoms with Gasteiger partial charge in [-0.2, -0.15) is 0 Å². The van der Waals surface area contributed by atoms with E-state index in [1.165, 1.54) is 141 Å². The molecule has 0 aromatic heterocycles. The molecular formula is C68H134N2O18P2. The lowest BCUT2D eigenvalue weighted by molar-refractivity contribution is -0.161. The largest absolute Gasteiger partial charge is 0.472 e. The number of phosphoric ester groups is 2. The molecule has 0 saturated carbocycles. The summed E-state index contributed by atoms with van der Waals surface area (Å²) in [7, 11) is -7.28. The van der Waals surface area contributed by atoms with Gasteiger partial charge in [-0.05, 0) is 59.3 Å². The van der Waals surface area contributed by atoms with E-state index in [1.807, 2.05) is 20.8 Å². The molecule has 1 amide bonds. The van der Waals surface area contributed by atoms with Crippen LogP contribution in [-0.4, -0.2) is 124 Å². The van der Waals surface area contributed by atoms with Crippen LogP contribution in [0.1, 0.15) is 325 Å². The lowest BCUT2D eigenvalue weighted by Crippen LogP contribution is -2.37. The van der Waals surface area contributed by atoms with E-state index in [0.29, 0.717) is 38.8 Å². The van der Waals surface area contributed by atoms with E-state index in [2.05, 4.69) is 38.3 Å². The second kappa shape index (κ2) is 63.9. The zero-order valence-electron chi connectivity index (χ0n) is 58.2. The third kappa shape index (κ3) is 68.4. The molecule has 90 heavy (non-hydrogen) atoms. The number of hydrogen-bond acceptors (Lipinski definition) is 17. The number of carbonyl (C=O) groups excluding carboxylic acids is 5. The van der Waals surface area contributed by atoms with Gasteiger partial charge >= 0.3 is 39.5 Å². The normalized spacial score (nSPS) is 13.5. The summed E-state index contributed by atoms with van der Waals surface area (Å²) in [5.74, 6) is -1.89. The van der Waals surface area contributed by atoms with Crippen LogP contribution >= 0.6 is 15.6 Å². The topological polar surface area (TPSA) is 267 Å². The lowest BCUT2D eigenvalue weighted by Gasteiger charge is -2.22. The Balaban J connectivity index is 0. The Morgan fingerprint density at radius 1 is 0.367 bits per heavy atom. The van der Waals surface area contributed by atoms with Crippen molar-refractivity contribution in [1.29, 1.82) is 0 Å². The maximum Gasteiger partial charge on any atom is 0.472 e. The molecule has 0 bridgehead atoms. The number of ether oxygens (including phenoxy) is 5. The first kappa shape index (κ1) is 89.5. The Bertz CT molecular complexity index is 1790. The van der Waals surface area contributed by atoms with Crippen molar-refractivity contribution >= 4 is 45.4 Å². The van der Waals surface area contributed by atoms with Gasteiger partial charge in [-0.3, -0.25) is 42.1 Å². The fourth-order valence-electron chi connectivity index (χ4n) is 9.55. The number of nitrogens with one attached hydrogen (secondary N) is 2. The fraction of sp³-hybridized carbons (Fsp3) is 0.926. The van der Waals surface area contributed by atoms with E-state index in [-0.39, 0.29) is 76.1 Å². The van der Waals surface area contributed by atoms with Crippen LogP contribution in [0.25, 0.3) is 0 Å². The average Bonchev–Trinajstić information content (AvgIpc) is 2.55. The Labute approximate surface area is 547 Å². The van der Waals surface area contributed by atoms with Crippen LogP contribution in [0, 0.1) is 0 Å². The Kier molecular flexibility index (Phi) is 63.5. The highest BCUT2D eigenvalue weighted by Gasteiger charge is 2.28. The molecule has 0 spiro atoms. The number of carbonyl (C=O) groups is 5. The Morgan fingerprint density at radius 3 is 0.967 bits per heavy atom. The van der Waals surface area contributed by atoms with Crippen LogP contribution < -0.4 is 10.6 Å². The number of esters is 4. The fourth-order valence-corrected chi connectivity index (χ4v) is 11.0. The van der Waals surface area contributed by atoms with Gasteiger partial charge < -0.3 is 44.1 Å². The van der Waals surface area contributed by atoms with Gasteiger partial charge in [-0.1, -0.05) is 233 Å². The van der Waals surface area contributed by atoms with E-state index in [0.717, 1.165) is 83.5 Å². The second-order valence-corrected chi connectivity index (χ2v) is 28.0. The first-order valence-electron chi connectivity index (χ1n) is 35.7. The van der Waals surface area contributed by atoms with Gasteiger partial charge in [-0.15, -0.1) is 0 Å². The summed E-state index contributed by atoms with van der Waals surface area (Å²) in [6.07, 6.45) is 41.5. The molecule has 0 radical (unpaired) electrons. The molecule has 20 nitrogen and oxygen atoms in total. The van der Waals surface area contributed by atoms with Gasteiger partial charge in [0.2, 0.25) is 5.91 Å². The van der Waals surface area contributed by atoms with Gasteiger partial charge in [0.05, 0.1) is 26.4 Å². The first-order valence-corrected chi connectivity index (χ1v) is 38.7. The molecule has 0 rings (SSSR count). The number of amides is 1. The standard InChI is InChI=1S/C35H68NO10P.C33H66NO8P/c1-4-6-8-10-12-14-16-18-20-25-34(38)43-30-32(46-35(39)26-21-19-17-15-13-11-9-7-5-2)31-45-47(40,41)44-29-27-36-33(37)24-22-23-28-42-3;1-6-8-10-12-14-16-18-20-22-24-31(35)39-28-30(29-41-43(37,38)40-27-26-34-33(3,4)5)42-32(36)25-23-21-19-17-15-13-11-9-7-2/h32H,4-31H2,1-3H3,(H,36,37)(H,40,41);30,34H,6-29H2,1-5H3,(H,37,38). The number of hydrogen-bond donors (Lipinski definition) is 4. The molecule has 4 unspecified atom stereocenters. The maximum atomic E-state index is 12.5. The molecule has 0 aliphatic heterocycles. The predicted molar refractivity (Wildman–Crippen MR) is 359 cm³/mol. The summed E-state index contributed by atoms with van der Waals surface area (Å²) >= 11 is 0. The van der Waals surface area contributed by atoms with E-state index in [4.69, 9.17) is 41.8 Å². The summed E-state index contributed by atoms with van der Waals surface area (Å²) < 4.78 is 71.6. The molecule has 0 heterocycles. The summed E-state index contributed by atoms with van der Waals surface area (Å²) in [5.41, 5.74) is -0.157. The zero-order chi connectivity index (χ0) is 67.1. The highest BCUT2D eigenvalue weighted by molar-refractivity contribution is 7.47. The van der Waals surface area contributed by atoms with Gasteiger partial charge in [0.15, 0.2) is 12.2 Å². The van der Waals surface area contributed by atoms with Crippen LogP contribution in [0.15, 0.2) is 0 Å². The quantitative estimate of drug-likeness (QED) is 0.0191. The maximum absolute atomic E-state index is 12.5. The monoisotopic (exact) mass is 1330 g/mol. The van der Waals surface area contributed by atoms with Crippen LogP contribution in [0.5, 0.6) is 0 Å². The number of unbranched alkanes of at least 4 members (excludes halogenated alkanes) is 33. The summed E-state index contributed by atoms with van der Waals surface area (Å²) in [4.78, 5) is 81.7. The minimum atomic E-state index is -4.51. The van der Waals surface area contributed by atoms with Crippen molar-refractivity contribution in [1.82, 2.24) is 10.6 Å². The van der Waals surface area contributed by atoms with Gasteiger partial charge in [0.1, 0.15) is 13.2 Å². The minimum absolute atomic E-state index is 0.0260. The van der Waals surface area contributed by atoms with E-state index in [9.17, 15) is 42.9 Å². The van der Waals surface area contributed by atoms with Crippen molar-refractivity contribution in [3.05, 3.63) is 0 Å². The van der Waals surface area contributed by atoms with E-state index < -0.39 is 59.0 Å². The average molecular weight is 1330 g/mol. The van der Waals surface area contributed by atoms with Gasteiger partial charge in [0, 0.05) is 64.4 Å². The predicted octanol–water partition coefficient (Wildman–Crippen LogP) is 17.2. The molecule has 0 saturated heterocycles. The van der Waals surface area contributed by atoms with Crippen molar-refractivity contribution in [2.24, 2.45) is 0 Å². The highest BCUT2D eigenvalue weighted by Crippen LogP contribution is 2.44. The van der Waals surface area contributed by atoms with Crippen molar-refractivity contribution in [3.8, 4) is 0 Å². The molecule has 0 aromatic carbocycles. The van der Waals surface area contributed by atoms with Gasteiger partial charge in [0.25, 0.3) is 0 Å². The number of methoxy groups -OCH3 is 1. The summed E-state index contributed by atoms with van der Waals surface area (Å²) in [5, 5.41) is 5.78. The SMILES string of the molecule is CCCCCCCCCCCC(=O)OCC(COP(=O)(O)OCCNC(=O)CCCCOC)OC(=O)CCCCCCCCCCC.CCCCCCCCCCCC(=O)OCC(COP(=O)(O)OCCNC(C)(C)C)OC(=O)CCCCCCCCCCC. The number of phosphoric acid groups is 2. The molecular weight excluding hydrogens is 1190 g/mol. The highest BCUT2D eigenvalue weighted by atomic mass is 31.2. The van der Waals surface area contributed by atoms with Crippen molar-refractivity contribution in [2.75, 3.05) is 66.4 Å². The van der Waals surface area contributed by atoms with Crippen LogP contribution in [0.2, 0.25) is 0 Å². The Morgan fingerprint density at radius 2 is 0.656 bits per heavy atom. The molecule has 22 heteroatoms. The lowest BCUT2D eigenvalue weighted by atomic mass is 10.1. The van der Waals surface area contributed by atoms with Gasteiger partial charge in [-0.25, -0.2) is 9.13 Å². The zero-order valence-corrected chi connectivity index (χ0v) is 60.0. The van der Waals surface area contributed by atoms with Crippen molar-refractivity contribution in [2.45, 2.75) is 342 Å². The Hall–Kier alpha value is -2.51. The van der Waals surface area contributed by atoms with Crippen molar-refractivity contribution in [3.63, 3.8) is 0 Å². The van der Waals surface area contributed by atoms with Crippen molar-refractivity contribution < 1.29 is 84.7 Å². The smallest absolute Gasteiger partial charge is 0.462 e. The van der Waals surface area contributed by atoms with E-state index in [1.54, 1.807) is 7.11 Å². The number of rotatable bonds is 65. The van der Waals surface area contributed by atoms with Crippen LogP contribution in [-0.2, 0) is 74.9 Å². The molecule has 4 atom stereocenters. The third-order valence-electron chi connectivity index (χ3n) is 14.9. The van der Waals surface area contributed by atoms with Crippen LogP contribution in [0.3, 0.4) is 0 Å². The summed E-state index contributed by atoms with van der Waals surface area (Å²) in [6.45, 7) is 14.1. The van der Waals surface area contributed by atoms with Crippen LogP contribution in [0.4, 0.5) is 0 Å². The molecule has 0 aliphatic carbocycles. The molecule has 0 aromatic rings. The second-order valence-electron chi connectivity index (χ2n) is 25.1. The molecule has 0 fully saturated rings. The third-order valence-corrected chi connectivity index (χ3v) is 16.9. The molecule has 0 aliphatic rings. The molecule has 534 valence electrons.